The van der Waals surface area contributed by atoms with Crippen molar-refractivity contribution in [1.82, 2.24) is 29.7 Å². The first-order valence-corrected chi connectivity index (χ1v) is 18.2. The van der Waals surface area contributed by atoms with Crippen molar-refractivity contribution in [2.75, 3.05) is 18.2 Å². The molecular weight excluding hydrogens is 523 g/mol. The number of aryl methyl sites for hydroxylation is 1. The molecule has 39 heavy (non-hydrogen) atoms. The van der Waals surface area contributed by atoms with Gasteiger partial charge in [-0.15, -0.1) is 10.2 Å². The first-order chi connectivity index (χ1) is 18.9. The molecule has 0 amide bonds. The smallest absolute Gasteiger partial charge is 0.215 e. The molecule has 10 heteroatoms. The van der Waals surface area contributed by atoms with Crippen LogP contribution in [0.25, 0.3) is 33.2 Å². The minimum atomic E-state index is -1.19. The van der Waals surface area contributed by atoms with Crippen molar-refractivity contribution >= 4 is 52.4 Å². The van der Waals surface area contributed by atoms with Crippen molar-refractivity contribution in [3.8, 4) is 11.1 Å². The zero-order valence-electron chi connectivity index (χ0n) is 23.1. The van der Waals surface area contributed by atoms with Gasteiger partial charge >= 0.3 is 0 Å². The van der Waals surface area contributed by atoms with Crippen LogP contribution in [0.5, 0.6) is 0 Å². The van der Waals surface area contributed by atoms with Gasteiger partial charge in [-0.25, -0.2) is 9.97 Å². The van der Waals surface area contributed by atoms with Crippen molar-refractivity contribution < 1.29 is 4.74 Å². The topological polar surface area (TPSA) is 81.9 Å². The third-order valence-electron chi connectivity index (χ3n) is 7.43. The second-order valence-corrected chi connectivity index (χ2v) is 18.2. The standard InChI is InChI=1S/C29H35N7OSSi/c1-35-18-23(22-10-7-13-30-27(22)35)21-16-25-24(31-17-21)11-12-26(32-25)36(19-37-14-15-39(2,3)4)29-34-33-28(38-29)20-8-5-6-9-20/h7,10-13,16-18,20H,5-6,8-9,14-15,19H2,1-4H3. The summed E-state index contributed by atoms with van der Waals surface area (Å²) >= 11 is 1.67. The molecule has 1 fully saturated rings. The first kappa shape index (κ1) is 26.0. The fraction of sp³-hybridized carbons (Fsp3) is 0.414. The van der Waals surface area contributed by atoms with Crippen molar-refractivity contribution in [3.05, 3.63) is 53.9 Å². The zero-order valence-corrected chi connectivity index (χ0v) is 24.9. The van der Waals surface area contributed by atoms with E-state index in [1.165, 1.54) is 25.7 Å². The molecule has 1 saturated carbocycles. The Morgan fingerprint density at radius 3 is 2.74 bits per heavy atom. The lowest BCUT2D eigenvalue weighted by atomic mass is 10.1. The summed E-state index contributed by atoms with van der Waals surface area (Å²) in [5.74, 6) is 1.32. The van der Waals surface area contributed by atoms with E-state index in [0.717, 1.165) is 61.8 Å². The summed E-state index contributed by atoms with van der Waals surface area (Å²) in [6.07, 6.45) is 10.8. The number of rotatable bonds is 9. The lowest BCUT2D eigenvalue weighted by Crippen LogP contribution is -2.26. The molecule has 0 aromatic carbocycles. The molecule has 0 spiro atoms. The van der Waals surface area contributed by atoms with Gasteiger partial charge in [-0.1, -0.05) is 43.8 Å². The Morgan fingerprint density at radius 2 is 1.92 bits per heavy atom. The monoisotopic (exact) mass is 557 g/mol. The van der Waals surface area contributed by atoms with Gasteiger partial charge in [0.2, 0.25) is 5.13 Å². The van der Waals surface area contributed by atoms with Gasteiger partial charge in [0.15, 0.2) is 0 Å². The van der Waals surface area contributed by atoms with Crippen LogP contribution in [0.15, 0.2) is 48.9 Å². The fourth-order valence-corrected chi connectivity index (χ4v) is 6.93. The van der Waals surface area contributed by atoms with Gasteiger partial charge in [-0.05, 0) is 49.2 Å². The van der Waals surface area contributed by atoms with Crippen LogP contribution in [0.1, 0.15) is 36.6 Å². The predicted octanol–water partition coefficient (Wildman–Crippen LogP) is 7.14. The van der Waals surface area contributed by atoms with Gasteiger partial charge < -0.3 is 9.30 Å². The van der Waals surface area contributed by atoms with Crippen molar-refractivity contribution in [3.63, 3.8) is 0 Å². The van der Waals surface area contributed by atoms with Gasteiger partial charge in [0.25, 0.3) is 0 Å². The van der Waals surface area contributed by atoms with Gasteiger partial charge in [-0.2, -0.15) is 0 Å². The van der Waals surface area contributed by atoms with E-state index in [0.29, 0.717) is 12.6 Å². The number of hydrogen-bond acceptors (Lipinski definition) is 8. The molecule has 8 nitrogen and oxygen atoms in total. The van der Waals surface area contributed by atoms with Gasteiger partial charge in [0.05, 0.1) is 11.0 Å². The summed E-state index contributed by atoms with van der Waals surface area (Å²) in [6, 6.07) is 11.3. The van der Waals surface area contributed by atoms with Gasteiger partial charge in [0.1, 0.15) is 23.2 Å². The van der Waals surface area contributed by atoms with E-state index in [4.69, 9.17) is 14.7 Å². The number of aromatic nitrogens is 6. The van der Waals surface area contributed by atoms with E-state index in [2.05, 4.69) is 62.6 Å². The van der Waals surface area contributed by atoms with Gasteiger partial charge in [0, 0.05) is 62.7 Å². The highest BCUT2D eigenvalue weighted by atomic mass is 32.1. The summed E-state index contributed by atoms with van der Waals surface area (Å²) < 4.78 is 8.26. The minimum absolute atomic E-state index is 0.393. The van der Waals surface area contributed by atoms with E-state index in [1.54, 1.807) is 11.3 Å². The summed E-state index contributed by atoms with van der Waals surface area (Å²) in [5, 5.41) is 12.3. The van der Waals surface area contributed by atoms with Crippen molar-refractivity contribution in [2.24, 2.45) is 7.05 Å². The molecule has 5 heterocycles. The molecule has 0 radical (unpaired) electrons. The molecule has 0 saturated heterocycles. The van der Waals surface area contributed by atoms with E-state index in [-0.39, 0.29) is 0 Å². The number of ether oxygens (including phenoxy) is 1. The molecule has 0 unspecified atom stereocenters. The second-order valence-electron chi connectivity index (χ2n) is 11.6. The Hall–Kier alpha value is -3.21. The molecule has 5 aromatic heterocycles. The first-order valence-electron chi connectivity index (χ1n) is 13.7. The average molecular weight is 558 g/mol. The largest absolute Gasteiger partial charge is 0.361 e. The van der Waals surface area contributed by atoms with E-state index in [1.807, 2.05) is 37.6 Å². The van der Waals surface area contributed by atoms with Crippen LogP contribution < -0.4 is 4.90 Å². The Balaban J connectivity index is 1.34. The number of fused-ring (bicyclic) bond motifs is 2. The lowest BCUT2D eigenvalue weighted by Gasteiger charge is -2.22. The molecular formula is C29H35N7OSSi. The van der Waals surface area contributed by atoms with E-state index >= 15 is 0 Å². The normalized spacial score (nSPS) is 14.6. The number of pyridine rings is 3. The highest BCUT2D eigenvalue weighted by Crippen LogP contribution is 2.39. The maximum atomic E-state index is 6.21. The second kappa shape index (κ2) is 10.7. The number of nitrogens with zero attached hydrogens (tertiary/aromatic N) is 7. The summed E-state index contributed by atoms with van der Waals surface area (Å²) in [7, 11) is 0.826. The predicted molar refractivity (Wildman–Crippen MR) is 161 cm³/mol. The summed E-state index contributed by atoms with van der Waals surface area (Å²) in [6.45, 7) is 8.23. The zero-order chi connectivity index (χ0) is 27.0. The van der Waals surface area contributed by atoms with Crippen LogP contribution >= 0.6 is 11.3 Å². The van der Waals surface area contributed by atoms with Crippen LogP contribution in [0.3, 0.4) is 0 Å². The molecule has 5 aromatic rings. The third kappa shape index (κ3) is 5.59. The highest BCUT2D eigenvalue weighted by Gasteiger charge is 2.24. The molecule has 0 bridgehead atoms. The van der Waals surface area contributed by atoms with Crippen LogP contribution in [0, 0.1) is 0 Å². The third-order valence-corrected chi connectivity index (χ3v) is 10.2. The molecule has 0 atom stereocenters. The fourth-order valence-electron chi connectivity index (χ4n) is 5.16. The summed E-state index contributed by atoms with van der Waals surface area (Å²) in [4.78, 5) is 16.4. The molecule has 0 N–H and O–H groups in total. The van der Waals surface area contributed by atoms with Crippen LogP contribution in [0.2, 0.25) is 25.7 Å². The lowest BCUT2D eigenvalue weighted by molar-refractivity contribution is 0.153. The minimum Gasteiger partial charge on any atom is -0.361 e. The van der Waals surface area contributed by atoms with Crippen LogP contribution in [-0.2, 0) is 11.8 Å². The Kier molecular flexibility index (Phi) is 7.17. The van der Waals surface area contributed by atoms with Crippen molar-refractivity contribution in [2.45, 2.75) is 57.3 Å². The van der Waals surface area contributed by atoms with Gasteiger partial charge in [-0.3, -0.25) is 9.88 Å². The molecule has 202 valence electrons. The summed E-state index contributed by atoms with van der Waals surface area (Å²) in [5.41, 5.74) is 4.75. The highest BCUT2D eigenvalue weighted by molar-refractivity contribution is 7.15. The molecule has 1 aliphatic carbocycles. The molecule has 0 aliphatic heterocycles. The van der Waals surface area contributed by atoms with Crippen LogP contribution in [0.4, 0.5) is 10.9 Å². The quantitative estimate of drug-likeness (QED) is 0.108. The molecule has 6 rings (SSSR count). The van der Waals surface area contributed by atoms with E-state index in [9.17, 15) is 0 Å². The Bertz CT molecular complexity index is 1600. The SMILES string of the molecule is Cn1cc(-c2cnc3ccc(N(COCC[Si](C)(C)C)c4nnc(C5CCCC5)s4)nc3c2)c2cccnc21. The molecule has 1 aliphatic rings. The number of hydrogen-bond donors (Lipinski definition) is 0. The Labute approximate surface area is 234 Å². The van der Waals surface area contributed by atoms with Crippen LogP contribution in [-0.4, -0.2) is 51.1 Å². The maximum Gasteiger partial charge on any atom is 0.215 e. The van der Waals surface area contributed by atoms with E-state index < -0.39 is 8.07 Å². The Morgan fingerprint density at radius 1 is 1.08 bits per heavy atom. The maximum absolute atomic E-state index is 6.21. The average Bonchev–Trinajstić information content (AvgIpc) is 3.68. The van der Waals surface area contributed by atoms with Crippen molar-refractivity contribution in [1.29, 1.82) is 0 Å². The number of anilines is 2.